The van der Waals surface area contributed by atoms with Gasteiger partial charge in [0.1, 0.15) is 5.75 Å². The first-order chi connectivity index (χ1) is 12.6. The number of nitrogens with zero attached hydrogens (tertiary/aromatic N) is 1. The van der Waals surface area contributed by atoms with Gasteiger partial charge in [0.15, 0.2) is 0 Å². The first-order valence-corrected chi connectivity index (χ1v) is 9.03. The molecule has 1 amide bonds. The number of para-hydroxylation sites is 1. The Labute approximate surface area is 167 Å². The van der Waals surface area contributed by atoms with E-state index in [1.807, 2.05) is 44.2 Å². The lowest BCUT2D eigenvalue weighted by Crippen LogP contribution is -2.48. The van der Waals surface area contributed by atoms with Crippen LogP contribution in [0.4, 0.5) is 5.69 Å². The molecule has 1 heterocycles. The summed E-state index contributed by atoms with van der Waals surface area (Å²) < 4.78 is 5.52. The van der Waals surface area contributed by atoms with E-state index in [9.17, 15) is 4.79 Å². The summed E-state index contributed by atoms with van der Waals surface area (Å²) in [6.07, 6.45) is 0. The van der Waals surface area contributed by atoms with Crippen molar-refractivity contribution in [2.45, 2.75) is 19.9 Å². The number of carbonyl (C=O) groups is 1. The average Bonchev–Trinajstić information content (AvgIpc) is 2.65. The monoisotopic (exact) mass is 389 g/mol. The molecule has 0 bridgehead atoms. The number of rotatable bonds is 5. The van der Waals surface area contributed by atoms with Crippen molar-refractivity contribution in [1.29, 1.82) is 0 Å². The summed E-state index contributed by atoms with van der Waals surface area (Å²) in [4.78, 5) is 14.9. The van der Waals surface area contributed by atoms with Gasteiger partial charge in [-0.2, -0.15) is 0 Å². The summed E-state index contributed by atoms with van der Waals surface area (Å²) in [5, 5.41) is 6.49. The van der Waals surface area contributed by atoms with Crippen LogP contribution in [0.25, 0.3) is 0 Å². The van der Waals surface area contributed by atoms with Gasteiger partial charge < -0.3 is 15.4 Å². The molecule has 0 radical (unpaired) electrons. The molecule has 0 aliphatic carbocycles. The van der Waals surface area contributed by atoms with Crippen molar-refractivity contribution in [3.63, 3.8) is 0 Å². The van der Waals surface area contributed by atoms with E-state index in [2.05, 4.69) is 27.7 Å². The van der Waals surface area contributed by atoms with Crippen molar-refractivity contribution < 1.29 is 9.53 Å². The molecular weight excluding hydrogens is 362 g/mol. The van der Waals surface area contributed by atoms with Gasteiger partial charge in [0, 0.05) is 30.9 Å². The molecule has 5 nitrogen and oxygen atoms in total. The molecule has 1 saturated heterocycles. The lowest BCUT2D eigenvalue weighted by atomic mass is 10.0. The Kier molecular flexibility index (Phi) is 7.66. The highest BCUT2D eigenvalue weighted by atomic mass is 35.5. The highest BCUT2D eigenvalue weighted by Crippen LogP contribution is 2.30. The summed E-state index contributed by atoms with van der Waals surface area (Å²) in [6.45, 7) is 6.90. The number of amides is 1. The van der Waals surface area contributed by atoms with Crippen LogP contribution in [0, 0.1) is 13.8 Å². The molecule has 1 atom stereocenters. The van der Waals surface area contributed by atoms with Gasteiger partial charge >= 0.3 is 0 Å². The molecule has 1 fully saturated rings. The topological polar surface area (TPSA) is 53.6 Å². The molecule has 1 aliphatic rings. The Morgan fingerprint density at radius 2 is 2.04 bits per heavy atom. The Morgan fingerprint density at radius 3 is 2.81 bits per heavy atom. The summed E-state index contributed by atoms with van der Waals surface area (Å²) >= 11 is 0. The molecule has 0 saturated carbocycles. The van der Waals surface area contributed by atoms with Crippen LogP contribution >= 0.6 is 12.4 Å². The highest BCUT2D eigenvalue weighted by molar-refractivity contribution is 5.93. The maximum absolute atomic E-state index is 12.7. The zero-order chi connectivity index (χ0) is 18.5. The largest absolute Gasteiger partial charge is 0.496 e. The quantitative estimate of drug-likeness (QED) is 0.823. The van der Waals surface area contributed by atoms with Crippen molar-refractivity contribution >= 4 is 24.0 Å². The van der Waals surface area contributed by atoms with E-state index in [0.717, 1.165) is 47.8 Å². The molecule has 2 aromatic rings. The zero-order valence-corrected chi connectivity index (χ0v) is 16.9. The number of hydrogen-bond donors (Lipinski definition) is 2. The van der Waals surface area contributed by atoms with E-state index in [1.165, 1.54) is 0 Å². The van der Waals surface area contributed by atoms with Gasteiger partial charge in [-0.05, 0) is 37.1 Å². The van der Waals surface area contributed by atoms with Gasteiger partial charge in [0.05, 0.1) is 19.7 Å². The van der Waals surface area contributed by atoms with E-state index >= 15 is 0 Å². The predicted molar refractivity (Wildman–Crippen MR) is 112 cm³/mol. The van der Waals surface area contributed by atoms with Crippen LogP contribution in [0.15, 0.2) is 42.5 Å². The molecular formula is C21H28ClN3O2. The van der Waals surface area contributed by atoms with Crippen molar-refractivity contribution in [3.8, 4) is 5.75 Å². The van der Waals surface area contributed by atoms with Crippen LogP contribution in [-0.2, 0) is 4.79 Å². The zero-order valence-electron chi connectivity index (χ0n) is 16.1. The third-order valence-electron chi connectivity index (χ3n) is 4.87. The number of carbonyl (C=O) groups excluding carboxylic acids is 1. The van der Waals surface area contributed by atoms with E-state index in [-0.39, 0.29) is 24.4 Å². The van der Waals surface area contributed by atoms with Crippen LogP contribution in [0.5, 0.6) is 5.75 Å². The van der Waals surface area contributed by atoms with Crippen molar-refractivity contribution in [1.82, 2.24) is 10.2 Å². The molecule has 6 heteroatoms. The Morgan fingerprint density at radius 1 is 1.26 bits per heavy atom. The van der Waals surface area contributed by atoms with Crippen LogP contribution in [0.1, 0.15) is 22.7 Å². The third kappa shape index (κ3) is 5.22. The van der Waals surface area contributed by atoms with Crippen LogP contribution in [0.3, 0.4) is 0 Å². The summed E-state index contributed by atoms with van der Waals surface area (Å²) in [5.41, 5.74) is 4.21. The molecule has 0 spiro atoms. The Balaban J connectivity index is 0.00000261. The number of hydrogen-bond acceptors (Lipinski definition) is 4. The summed E-state index contributed by atoms with van der Waals surface area (Å²) in [5.74, 6) is 0.877. The Bertz CT molecular complexity index is 782. The number of anilines is 1. The molecule has 3 rings (SSSR count). The molecule has 1 aliphatic heterocycles. The van der Waals surface area contributed by atoms with Crippen molar-refractivity contribution in [2.75, 3.05) is 38.6 Å². The second-order valence-electron chi connectivity index (χ2n) is 6.80. The first kappa shape index (κ1) is 21.2. The van der Waals surface area contributed by atoms with Gasteiger partial charge in [0.2, 0.25) is 5.91 Å². The number of benzene rings is 2. The van der Waals surface area contributed by atoms with E-state index in [4.69, 9.17) is 4.74 Å². The smallest absolute Gasteiger partial charge is 0.238 e. The Hall–Kier alpha value is -2.08. The second kappa shape index (κ2) is 9.74. The minimum absolute atomic E-state index is 0. The number of aryl methyl sites for hydroxylation is 2. The van der Waals surface area contributed by atoms with Crippen LogP contribution < -0.4 is 15.4 Å². The molecule has 146 valence electrons. The lowest BCUT2D eigenvalue weighted by molar-refractivity contribution is -0.118. The van der Waals surface area contributed by atoms with Crippen molar-refractivity contribution in [3.05, 3.63) is 59.2 Å². The first-order valence-electron chi connectivity index (χ1n) is 9.03. The number of piperazine rings is 1. The minimum Gasteiger partial charge on any atom is -0.496 e. The van der Waals surface area contributed by atoms with E-state index in [0.29, 0.717) is 6.54 Å². The van der Waals surface area contributed by atoms with Crippen LogP contribution in [0.2, 0.25) is 0 Å². The molecule has 2 aromatic carbocycles. The average molecular weight is 390 g/mol. The second-order valence-corrected chi connectivity index (χ2v) is 6.80. The van der Waals surface area contributed by atoms with E-state index in [1.54, 1.807) is 7.11 Å². The maximum Gasteiger partial charge on any atom is 0.238 e. The number of nitrogens with one attached hydrogen (secondary N) is 2. The van der Waals surface area contributed by atoms with Gasteiger partial charge in [-0.1, -0.05) is 30.3 Å². The fourth-order valence-electron chi connectivity index (χ4n) is 3.43. The van der Waals surface area contributed by atoms with Gasteiger partial charge in [-0.25, -0.2) is 0 Å². The number of ether oxygens (including phenoxy) is 1. The fraction of sp³-hybridized carbons (Fsp3) is 0.381. The molecule has 0 aromatic heterocycles. The summed E-state index contributed by atoms with van der Waals surface area (Å²) in [6, 6.07) is 14.3. The lowest BCUT2D eigenvalue weighted by Gasteiger charge is -2.36. The van der Waals surface area contributed by atoms with Crippen LogP contribution in [-0.4, -0.2) is 44.1 Å². The normalized spacial score (nSPS) is 17.1. The SMILES string of the molecule is COc1ccccc1C1CNCCN1CC(=O)Nc1cc(C)ccc1C.Cl. The molecule has 1 unspecified atom stereocenters. The minimum atomic E-state index is 0. The van der Waals surface area contributed by atoms with Gasteiger partial charge in [-0.3, -0.25) is 9.69 Å². The number of methoxy groups -OCH3 is 1. The molecule has 27 heavy (non-hydrogen) atoms. The number of halogens is 1. The van der Waals surface area contributed by atoms with Gasteiger partial charge in [0.25, 0.3) is 0 Å². The summed E-state index contributed by atoms with van der Waals surface area (Å²) in [7, 11) is 1.69. The fourth-order valence-corrected chi connectivity index (χ4v) is 3.43. The van der Waals surface area contributed by atoms with Crippen molar-refractivity contribution in [2.24, 2.45) is 0 Å². The van der Waals surface area contributed by atoms with E-state index < -0.39 is 0 Å². The van der Waals surface area contributed by atoms with Gasteiger partial charge in [-0.15, -0.1) is 12.4 Å². The predicted octanol–water partition coefficient (Wildman–Crippen LogP) is 3.32. The maximum atomic E-state index is 12.7. The third-order valence-corrected chi connectivity index (χ3v) is 4.87. The standard InChI is InChI=1S/C21H27N3O2.ClH/c1-15-8-9-16(2)18(12-15)23-21(25)14-24-11-10-22-13-19(24)17-6-4-5-7-20(17)26-3;/h4-9,12,19,22H,10-11,13-14H2,1-3H3,(H,23,25);1H. The molecule has 2 N–H and O–H groups in total. The highest BCUT2D eigenvalue weighted by Gasteiger charge is 2.27.